The summed E-state index contributed by atoms with van der Waals surface area (Å²) in [6, 6.07) is -1.20. The van der Waals surface area contributed by atoms with E-state index >= 15 is 0 Å². The molecule has 6 nitrogen and oxygen atoms in total. The number of amides is 1. The average Bonchev–Trinajstić information content (AvgIpc) is 2.60. The van der Waals surface area contributed by atoms with E-state index in [1.807, 2.05) is 13.8 Å². The Labute approximate surface area is 108 Å². The van der Waals surface area contributed by atoms with Crippen molar-refractivity contribution in [1.82, 2.24) is 4.90 Å². The van der Waals surface area contributed by atoms with Gasteiger partial charge in [0.25, 0.3) is 0 Å². The molecular formula is C12H23NO5. The molecule has 1 rings (SSSR count). The first-order valence-electron chi connectivity index (χ1n) is 6.13. The predicted octanol–water partition coefficient (Wildman–Crippen LogP) is 1.47. The molecule has 2 N–H and O–H groups in total. The highest BCUT2D eigenvalue weighted by atomic mass is 16.6. The van der Waals surface area contributed by atoms with Crippen LogP contribution in [0.3, 0.4) is 0 Å². The second-order valence-electron chi connectivity index (χ2n) is 4.81. The number of hydrogen-bond acceptors (Lipinski definition) is 4. The molecule has 1 heterocycles. The average molecular weight is 261 g/mol. The number of carbonyl (C=O) groups excluding carboxylic acids is 1. The highest BCUT2D eigenvalue weighted by Crippen LogP contribution is 2.21. The van der Waals surface area contributed by atoms with E-state index in [0.29, 0.717) is 0 Å². The molecule has 1 aliphatic heterocycles. The topological polar surface area (TPSA) is 87.1 Å². The lowest BCUT2D eigenvalue weighted by Gasteiger charge is -2.27. The first-order valence-corrected chi connectivity index (χ1v) is 6.13. The number of hydrogen-bond donors (Lipinski definition) is 2. The van der Waals surface area contributed by atoms with E-state index in [4.69, 9.17) is 9.84 Å². The molecule has 2 atom stereocenters. The van der Waals surface area contributed by atoms with Gasteiger partial charge in [-0.15, -0.1) is 0 Å². The Morgan fingerprint density at radius 1 is 1.28 bits per heavy atom. The van der Waals surface area contributed by atoms with Gasteiger partial charge in [0, 0.05) is 6.54 Å². The van der Waals surface area contributed by atoms with Crippen molar-refractivity contribution in [2.24, 2.45) is 0 Å². The van der Waals surface area contributed by atoms with Crippen molar-refractivity contribution in [1.29, 1.82) is 0 Å². The second-order valence-corrected chi connectivity index (χ2v) is 4.81. The fraction of sp³-hybridized carbons (Fsp3) is 0.833. The fourth-order valence-electron chi connectivity index (χ4n) is 1.60. The van der Waals surface area contributed by atoms with Crippen LogP contribution in [0, 0.1) is 0 Å². The summed E-state index contributed by atoms with van der Waals surface area (Å²) in [5.74, 6) is -1.21. The van der Waals surface area contributed by atoms with Crippen LogP contribution >= 0.6 is 0 Å². The van der Waals surface area contributed by atoms with E-state index in [1.165, 1.54) is 0 Å². The number of nitrogens with zero attached hydrogens (tertiary/aromatic N) is 1. The minimum Gasteiger partial charge on any atom is -0.480 e. The quantitative estimate of drug-likeness (QED) is 0.746. The summed E-state index contributed by atoms with van der Waals surface area (Å²) in [4.78, 5) is 23.6. The maximum absolute atomic E-state index is 11.7. The fourth-order valence-corrected chi connectivity index (χ4v) is 1.60. The van der Waals surface area contributed by atoms with Gasteiger partial charge in [0.05, 0.1) is 6.10 Å². The van der Waals surface area contributed by atoms with Crippen molar-refractivity contribution in [2.75, 3.05) is 6.54 Å². The zero-order chi connectivity index (χ0) is 14.5. The number of ether oxygens (including phenoxy) is 1. The van der Waals surface area contributed by atoms with Gasteiger partial charge in [-0.25, -0.2) is 9.59 Å². The highest BCUT2D eigenvalue weighted by molar-refractivity contribution is 5.81. The Morgan fingerprint density at radius 3 is 2.17 bits per heavy atom. The number of aliphatic carboxylic acids is 1. The van der Waals surface area contributed by atoms with E-state index in [1.54, 1.807) is 20.8 Å². The third-order valence-electron chi connectivity index (χ3n) is 2.25. The number of carboxylic acid groups (broad SMARTS) is 1. The lowest BCUT2D eigenvalue weighted by atomic mass is 10.2. The summed E-state index contributed by atoms with van der Waals surface area (Å²) in [5, 5.41) is 18.3. The van der Waals surface area contributed by atoms with E-state index in [-0.39, 0.29) is 13.0 Å². The van der Waals surface area contributed by atoms with E-state index in [9.17, 15) is 14.7 Å². The Morgan fingerprint density at radius 2 is 1.78 bits per heavy atom. The number of carbonyl (C=O) groups is 2. The second kappa shape index (κ2) is 6.58. The van der Waals surface area contributed by atoms with Gasteiger partial charge in [-0.1, -0.05) is 13.8 Å². The van der Waals surface area contributed by atoms with Crippen LogP contribution in [-0.4, -0.2) is 51.5 Å². The van der Waals surface area contributed by atoms with Gasteiger partial charge >= 0.3 is 12.1 Å². The highest BCUT2D eigenvalue weighted by Gasteiger charge is 2.42. The van der Waals surface area contributed by atoms with Gasteiger partial charge in [-0.2, -0.15) is 0 Å². The molecule has 0 spiro atoms. The minimum atomic E-state index is -1.21. The van der Waals surface area contributed by atoms with E-state index in [2.05, 4.69) is 0 Å². The van der Waals surface area contributed by atoms with Crippen LogP contribution in [0.25, 0.3) is 0 Å². The van der Waals surface area contributed by atoms with Crippen LogP contribution in [0.15, 0.2) is 0 Å². The summed E-state index contributed by atoms with van der Waals surface area (Å²) >= 11 is 0. The Bertz CT molecular complexity index is 297. The Kier molecular flexibility index (Phi) is 6.11. The van der Waals surface area contributed by atoms with Crippen molar-refractivity contribution >= 4 is 12.1 Å². The predicted molar refractivity (Wildman–Crippen MR) is 66.3 cm³/mol. The lowest BCUT2D eigenvalue weighted by Crippen LogP contribution is -2.46. The van der Waals surface area contributed by atoms with E-state index < -0.39 is 29.8 Å². The molecule has 1 fully saturated rings. The molecule has 2 unspecified atom stereocenters. The summed E-state index contributed by atoms with van der Waals surface area (Å²) in [5.41, 5.74) is -0.673. The van der Waals surface area contributed by atoms with Crippen LogP contribution in [-0.2, 0) is 9.53 Å². The van der Waals surface area contributed by atoms with Crippen molar-refractivity contribution in [3.63, 3.8) is 0 Å². The number of likely N-dealkylation sites (tertiary alicyclic amines) is 1. The zero-order valence-electron chi connectivity index (χ0n) is 11.6. The van der Waals surface area contributed by atoms with Crippen molar-refractivity contribution in [3.05, 3.63) is 0 Å². The van der Waals surface area contributed by atoms with Gasteiger partial charge in [-0.05, 0) is 27.2 Å². The molecule has 1 saturated heterocycles. The smallest absolute Gasteiger partial charge is 0.411 e. The first-order chi connectivity index (χ1) is 8.22. The maximum atomic E-state index is 11.7. The van der Waals surface area contributed by atoms with Crippen LogP contribution < -0.4 is 0 Å². The molecule has 0 radical (unpaired) electrons. The SMILES string of the molecule is CC.CC(C)(C)OC(=O)N1CCC(O)C1C(=O)O. The van der Waals surface area contributed by atoms with Gasteiger partial charge in [0.15, 0.2) is 6.04 Å². The van der Waals surface area contributed by atoms with Crippen LogP contribution in [0.5, 0.6) is 0 Å². The van der Waals surface area contributed by atoms with Crippen molar-refractivity contribution in [2.45, 2.75) is 58.8 Å². The Hall–Kier alpha value is -1.30. The molecule has 0 aromatic carbocycles. The molecule has 1 amide bonds. The van der Waals surface area contributed by atoms with Crippen molar-refractivity contribution in [3.8, 4) is 0 Å². The molecule has 0 aliphatic carbocycles. The largest absolute Gasteiger partial charge is 0.480 e. The molecule has 18 heavy (non-hydrogen) atoms. The molecule has 0 saturated carbocycles. The summed E-state index contributed by atoms with van der Waals surface area (Å²) in [6.07, 6.45) is -1.46. The molecule has 0 bridgehead atoms. The van der Waals surface area contributed by atoms with Gasteiger partial charge in [0.1, 0.15) is 5.60 Å². The summed E-state index contributed by atoms with van der Waals surface area (Å²) in [6.45, 7) is 9.31. The molecular weight excluding hydrogens is 238 g/mol. The normalized spacial score (nSPS) is 23.1. The minimum absolute atomic E-state index is 0.201. The van der Waals surface area contributed by atoms with E-state index in [0.717, 1.165) is 4.90 Å². The zero-order valence-corrected chi connectivity index (χ0v) is 11.6. The van der Waals surface area contributed by atoms with Gasteiger partial charge < -0.3 is 14.9 Å². The molecule has 106 valence electrons. The molecule has 6 heteroatoms. The molecule has 1 aliphatic rings. The third kappa shape index (κ3) is 4.52. The summed E-state index contributed by atoms with van der Waals surface area (Å²) < 4.78 is 5.06. The Balaban J connectivity index is 0.00000137. The third-order valence-corrected chi connectivity index (χ3v) is 2.25. The lowest BCUT2D eigenvalue weighted by molar-refractivity contribution is -0.144. The number of aliphatic hydroxyl groups is 1. The standard InChI is InChI=1S/C10H17NO5.C2H6/c1-10(2,3)16-9(15)11-5-4-6(12)7(11)8(13)14;1-2/h6-7,12H,4-5H2,1-3H3,(H,13,14);1-2H3. The maximum Gasteiger partial charge on any atom is 0.411 e. The van der Waals surface area contributed by atoms with Crippen LogP contribution in [0.4, 0.5) is 4.79 Å². The molecule has 0 aromatic rings. The number of rotatable bonds is 1. The number of aliphatic hydroxyl groups excluding tert-OH is 1. The van der Waals surface area contributed by atoms with Crippen LogP contribution in [0.2, 0.25) is 0 Å². The van der Waals surface area contributed by atoms with Crippen LogP contribution in [0.1, 0.15) is 41.0 Å². The summed E-state index contributed by atoms with van der Waals surface area (Å²) in [7, 11) is 0. The van der Waals surface area contributed by atoms with Gasteiger partial charge in [-0.3, -0.25) is 4.90 Å². The van der Waals surface area contributed by atoms with Gasteiger partial charge in [0.2, 0.25) is 0 Å². The van der Waals surface area contributed by atoms with Crippen molar-refractivity contribution < 1.29 is 24.5 Å². The molecule has 0 aromatic heterocycles. The number of carboxylic acids is 1. The monoisotopic (exact) mass is 261 g/mol. The first kappa shape index (κ1) is 16.7.